The summed E-state index contributed by atoms with van der Waals surface area (Å²) in [5, 5.41) is 9.57. The molecule has 1 atom stereocenters. The maximum atomic E-state index is 12.3. The molecule has 1 fully saturated rings. The number of aromatic hydroxyl groups is 1. The number of hydrogen-bond donors (Lipinski definition) is 1. The molecule has 114 valence electrons. The highest BCUT2D eigenvalue weighted by Gasteiger charge is 2.22. The lowest BCUT2D eigenvalue weighted by Gasteiger charge is -2.30. The van der Waals surface area contributed by atoms with Gasteiger partial charge >= 0.3 is 0 Å². The normalized spacial score (nSPS) is 21.9. The van der Waals surface area contributed by atoms with Crippen molar-refractivity contribution in [1.29, 1.82) is 0 Å². The summed E-state index contributed by atoms with van der Waals surface area (Å²) >= 11 is 0. The van der Waals surface area contributed by atoms with Gasteiger partial charge in [-0.2, -0.15) is 0 Å². The van der Waals surface area contributed by atoms with E-state index in [4.69, 9.17) is 4.74 Å². The third-order valence-corrected chi connectivity index (χ3v) is 4.51. The lowest BCUT2D eigenvalue weighted by Crippen LogP contribution is -2.36. The highest BCUT2D eigenvalue weighted by Crippen LogP contribution is 2.24. The van der Waals surface area contributed by atoms with Gasteiger partial charge < -0.3 is 14.7 Å². The first-order valence-corrected chi connectivity index (χ1v) is 7.92. The van der Waals surface area contributed by atoms with Crippen LogP contribution < -0.4 is 0 Å². The number of carbonyl (C=O) groups is 1. The third kappa shape index (κ3) is 3.56. The Hall–Kier alpha value is -1.55. The predicted octanol–water partition coefficient (Wildman–Crippen LogP) is 2.63. The van der Waals surface area contributed by atoms with Crippen LogP contribution in [0.1, 0.15) is 43.2 Å². The summed E-state index contributed by atoms with van der Waals surface area (Å²) in [4.78, 5) is 14.3. The Morgan fingerprint density at radius 3 is 3.05 bits per heavy atom. The zero-order valence-electron chi connectivity index (χ0n) is 12.4. The van der Waals surface area contributed by atoms with Crippen molar-refractivity contribution in [1.82, 2.24) is 4.90 Å². The van der Waals surface area contributed by atoms with Crippen molar-refractivity contribution in [2.24, 2.45) is 0 Å². The van der Waals surface area contributed by atoms with Crippen molar-refractivity contribution in [2.75, 3.05) is 13.2 Å². The van der Waals surface area contributed by atoms with Crippen LogP contribution in [0.25, 0.3) is 0 Å². The topological polar surface area (TPSA) is 49.8 Å². The van der Waals surface area contributed by atoms with E-state index in [1.165, 1.54) is 12.0 Å². The summed E-state index contributed by atoms with van der Waals surface area (Å²) in [6, 6.07) is 5.46. The minimum atomic E-state index is 0.207. The largest absolute Gasteiger partial charge is 0.508 e. The second-order valence-electron chi connectivity index (χ2n) is 6.05. The van der Waals surface area contributed by atoms with Gasteiger partial charge in [0.1, 0.15) is 5.75 Å². The van der Waals surface area contributed by atoms with Gasteiger partial charge in [-0.05, 0) is 55.4 Å². The number of carbonyl (C=O) groups excluding carboxylic acids is 1. The van der Waals surface area contributed by atoms with Crippen LogP contribution in [0, 0.1) is 0 Å². The molecule has 1 aromatic carbocycles. The lowest BCUT2D eigenvalue weighted by atomic mass is 9.98. The summed E-state index contributed by atoms with van der Waals surface area (Å²) in [5.74, 6) is 0.483. The minimum Gasteiger partial charge on any atom is -0.508 e. The molecule has 0 spiro atoms. The molecule has 4 heteroatoms. The maximum absolute atomic E-state index is 12.3. The van der Waals surface area contributed by atoms with Crippen molar-refractivity contribution in [3.8, 4) is 5.75 Å². The quantitative estimate of drug-likeness (QED) is 0.930. The van der Waals surface area contributed by atoms with Crippen LogP contribution in [0.4, 0.5) is 0 Å². The van der Waals surface area contributed by atoms with Crippen LogP contribution >= 0.6 is 0 Å². The number of rotatable bonds is 3. The fraction of sp³-hybridized carbons (Fsp3) is 0.588. The van der Waals surface area contributed by atoms with Gasteiger partial charge in [-0.15, -0.1) is 0 Å². The Labute approximate surface area is 125 Å². The number of amides is 1. The monoisotopic (exact) mass is 289 g/mol. The van der Waals surface area contributed by atoms with Gasteiger partial charge in [-0.1, -0.05) is 6.07 Å². The fourth-order valence-corrected chi connectivity index (χ4v) is 3.23. The number of nitrogens with zero attached hydrogens (tertiary/aromatic N) is 1. The average molecular weight is 289 g/mol. The second kappa shape index (κ2) is 6.48. The fourth-order valence-electron chi connectivity index (χ4n) is 3.23. The molecule has 0 bridgehead atoms. The third-order valence-electron chi connectivity index (χ3n) is 4.51. The summed E-state index contributed by atoms with van der Waals surface area (Å²) < 4.78 is 5.68. The summed E-state index contributed by atoms with van der Waals surface area (Å²) in [7, 11) is 0. The van der Waals surface area contributed by atoms with Crippen LogP contribution in [0.5, 0.6) is 5.75 Å². The molecular formula is C17H23NO3. The molecule has 2 aliphatic rings. The first-order valence-electron chi connectivity index (χ1n) is 7.92. The van der Waals surface area contributed by atoms with Gasteiger partial charge in [0.05, 0.1) is 6.10 Å². The zero-order chi connectivity index (χ0) is 14.7. The van der Waals surface area contributed by atoms with E-state index in [0.717, 1.165) is 44.4 Å². The van der Waals surface area contributed by atoms with Gasteiger partial charge in [0.2, 0.25) is 5.91 Å². The van der Waals surface area contributed by atoms with E-state index in [0.29, 0.717) is 13.0 Å². The number of fused-ring (bicyclic) bond motifs is 1. The molecule has 0 aliphatic carbocycles. The maximum Gasteiger partial charge on any atom is 0.222 e. The molecule has 1 aromatic rings. The molecule has 0 saturated carbocycles. The van der Waals surface area contributed by atoms with Gasteiger partial charge in [0.15, 0.2) is 0 Å². The number of benzene rings is 1. The van der Waals surface area contributed by atoms with Crippen LogP contribution in [-0.4, -0.2) is 35.2 Å². The van der Waals surface area contributed by atoms with Crippen LogP contribution in [-0.2, 0) is 22.5 Å². The Morgan fingerprint density at radius 2 is 2.24 bits per heavy atom. The highest BCUT2D eigenvalue weighted by molar-refractivity contribution is 5.76. The number of ether oxygens (including phenoxy) is 1. The molecule has 0 aromatic heterocycles. The van der Waals surface area contributed by atoms with E-state index in [-0.39, 0.29) is 17.8 Å². The average Bonchev–Trinajstić information content (AvgIpc) is 2.53. The van der Waals surface area contributed by atoms with E-state index >= 15 is 0 Å². The Morgan fingerprint density at radius 1 is 1.33 bits per heavy atom. The van der Waals surface area contributed by atoms with Gasteiger partial charge in [0, 0.05) is 26.1 Å². The standard InChI is InChI=1S/C17H23NO3/c19-15-5-4-13-8-9-18(12-14(13)11-15)17(20)7-6-16-3-1-2-10-21-16/h4-5,11,16,19H,1-3,6-10,12H2. The first kappa shape index (κ1) is 14.4. The van der Waals surface area contributed by atoms with E-state index in [1.807, 2.05) is 11.0 Å². The molecule has 2 heterocycles. The van der Waals surface area contributed by atoms with Crippen molar-refractivity contribution < 1.29 is 14.6 Å². The molecule has 0 radical (unpaired) electrons. The molecule has 1 saturated heterocycles. The Kier molecular flexibility index (Phi) is 4.44. The van der Waals surface area contributed by atoms with Crippen molar-refractivity contribution in [3.63, 3.8) is 0 Å². The van der Waals surface area contributed by atoms with Gasteiger partial charge in [0.25, 0.3) is 0 Å². The Bertz CT molecular complexity index is 509. The summed E-state index contributed by atoms with van der Waals surface area (Å²) in [6.07, 6.45) is 6.00. The molecule has 1 unspecified atom stereocenters. The number of phenols is 1. The SMILES string of the molecule is O=C(CCC1CCCCO1)N1CCc2ccc(O)cc2C1. The molecule has 1 amide bonds. The second-order valence-corrected chi connectivity index (χ2v) is 6.05. The van der Waals surface area contributed by atoms with Crippen LogP contribution in [0.2, 0.25) is 0 Å². The van der Waals surface area contributed by atoms with E-state index in [1.54, 1.807) is 12.1 Å². The van der Waals surface area contributed by atoms with Gasteiger partial charge in [-0.25, -0.2) is 0 Å². The summed E-state index contributed by atoms with van der Waals surface area (Å²) in [5.41, 5.74) is 2.32. The van der Waals surface area contributed by atoms with Crippen LogP contribution in [0.3, 0.4) is 0 Å². The molecule has 1 N–H and O–H groups in total. The molecular weight excluding hydrogens is 266 g/mol. The first-order chi connectivity index (χ1) is 10.2. The Balaban J connectivity index is 1.54. The van der Waals surface area contributed by atoms with E-state index < -0.39 is 0 Å². The zero-order valence-corrected chi connectivity index (χ0v) is 12.4. The number of hydrogen-bond acceptors (Lipinski definition) is 3. The van der Waals surface area contributed by atoms with E-state index in [2.05, 4.69) is 0 Å². The van der Waals surface area contributed by atoms with Crippen LogP contribution in [0.15, 0.2) is 18.2 Å². The molecule has 2 aliphatic heterocycles. The smallest absolute Gasteiger partial charge is 0.222 e. The molecule has 3 rings (SSSR count). The minimum absolute atomic E-state index is 0.207. The van der Waals surface area contributed by atoms with Crippen molar-refractivity contribution in [2.45, 2.75) is 51.2 Å². The van der Waals surface area contributed by atoms with Crippen molar-refractivity contribution in [3.05, 3.63) is 29.3 Å². The highest BCUT2D eigenvalue weighted by atomic mass is 16.5. The lowest BCUT2D eigenvalue weighted by molar-refractivity contribution is -0.133. The predicted molar refractivity (Wildman–Crippen MR) is 80.1 cm³/mol. The van der Waals surface area contributed by atoms with Crippen molar-refractivity contribution >= 4 is 5.91 Å². The van der Waals surface area contributed by atoms with E-state index in [9.17, 15) is 9.90 Å². The molecule has 21 heavy (non-hydrogen) atoms. The molecule has 4 nitrogen and oxygen atoms in total. The number of phenolic OH excluding ortho intramolecular Hbond substituents is 1. The van der Waals surface area contributed by atoms with Gasteiger partial charge in [-0.3, -0.25) is 4.79 Å². The summed E-state index contributed by atoms with van der Waals surface area (Å²) in [6.45, 7) is 2.24.